The minimum Gasteiger partial charge on any atom is -0.487 e. The molecule has 3 amide bonds. The number of carbonyl (C=O) groups excluding carboxylic acids is 6. The molecular weight excluding hydrogens is 1420 g/mol. The number of ether oxygens (including phenoxy) is 3. The zero-order valence-electron chi connectivity index (χ0n) is 62.0. The fourth-order valence-corrected chi connectivity index (χ4v) is 16.3. The summed E-state index contributed by atoms with van der Waals surface area (Å²) in [5.74, 6) is 1.32. The Morgan fingerprint density at radius 2 is 0.593 bits per heavy atom. The van der Waals surface area contributed by atoms with Gasteiger partial charge in [-0.25, -0.2) is 0 Å². The molecule has 552 valence electrons. The third kappa shape index (κ3) is 16.5. The van der Waals surface area contributed by atoms with Crippen molar-refractivity contribution in [2.45, 2.75) is 139 Å². The molecule has 6 aliphatic rings. The lowest BCUT2D eigenvalue weighted by Crippen LogP contribution is -2.38. The number of nitrogens with one attached hydrogen (secondary N) is 3. The molecule has 15 nitrogen and oxygen atoms in total. The van der Waals surface area contributed by atoms with Gasteiger partial charge in [-0.1, -0.05) is 222 Å². The van der Waals surface area contributed by atoms with E-state index < -0.39 is 18.1 Å². The normalized spacial score (nSPS) is 18.6. The van der Waals surface area contributed by atoms with Crippen LogP contribution >= 0.6 is 34.8 Å². The summed E-state index contributed by atoms with van der Waals surface area (Å²) in [6.07, 6.45) is 3.36. The number of carbonyl (C=O) groups is 6. The molecule has 3 aliphatic heterocycles. The minimum absolute atomic E-state index is 0.0401. The van der Waals surface area contributed by atoms with Gasteiger partial charge in [-0.15, -0.1) is 0 Å². The fraction of sp³-hybridized carbons (Fsp3) is 0.267. The molecule has 3 atom stereocenters. The highest BCUT2D eigenvalue weighted by Crippen LogP contribution is 2.53. The molecule has 0 spiro atoms. The van der Waals surface area contributed by atoms with Gasteiger partial charge in [-0.3, -0.25) is 43.5 Å². The van der Waals surface area contributed by atoms with Crippen molar-refractivity contribution in [3.8, 4) is 17.2 Å². The molecule has 3 heterocycles. The predicted molar refractivity (Wildman–Crippen MR) is 430 cm³/mol. The van der Waals surface area contributed by atoms with E-state index >= 15 is 0 Å². The highest BCUT2D eigenvalue weighted by atomic mass is 35.5. The molecule has 3 aliphatic carbocycles. The summed E-state index contributed by atoms with van der Waals surface area (Å²) in [4.78, 5) is 85.3. The maximum absolute atomic E-state index is 13.6. The predicted octanol–water partition coefficient (Wildman–Crippen LogP) is 21.2. The zero-order valence-corrected chi connectivity index (χ0v) is 64.3. The molecule has 15 rings (SSSR count). The van der Waals surface area contributed by atoms with Crippen LogP contribution in [0, 0.1) is 16.2 Å². The Hall–Kier alpha value is -10.7. The Morgan fingerprint density at radius 3 is 0.833 bits per heavy atom. The third-order valence-corrected chi connectivity index (χ3v) is 21.1. The molecule has 9 aromatic carbocycles. The molecule has 0 radical (unpaired) electrons. The fourth-order valence-electron chi connectivity index (χ4n) is 15.6. The van der Waals surface area contributed by atoms with Crippen LogP contribution in [0.25, 0.3) is 0 Å². The number of hydrogen-bond donors (Lipinski definition) is 3. The van der Waals surface area contributed by atoms with Crippen LogP contribution in [0.5, 0.6) is 17.2 Å². The van der Waals surface area contributed by atoms with Crippen LogP contribution in [0.4, 0.5) is 34.1 Å². The number of nitrogens with zero attached hydrogens (tertiary/aromatic N) is 3. The van der Waals surface area contributed by atoms with Crippen LogP contribution in [-0.4, -0.2) is 35.1 Å². The maximum atomic E-state index is 13.6. The van der Waals surface area contributed by atoms with Gasteiger partial charge in [0, 0.05) is 73.8 Å². The number of rotatable bonds is 12. The van der Waals surface area contributed by atoms with Crippen molar-refractivity contribution in [3.05, 3.63) is 301 Å². The average Bonchev–Trinajstić information content (AvgIpc) is 1.58. The largest absolute Gasteiger partial charge is 0.487 e. The Bertz CT molecular complexity index is 4590. The van der Waals surface area contributed by atoms with E-state index in [9.17, 15) is 28.8 Å². The van der Waals surface area contributed by atoms with E-state index in [1.165, 1.54) is 20.8 Å². The maximum Gasteiger partial charge on any atom is 0.224 e. The van der Waals surface area contributed by atoms with Gasteiger partial charge >= 0.3 is 0 Å². The first kappa shape index (κ1) is 75.5. The number of para-hydroxylation sites is 6. The molecule has 3 N–H and O–H groups in total. The van der Waals surface area contributed by atoms with E-state index in [1.54, 1.807) is 14.7 Å². The van der Waals surface area contributed by atoms with Gasteiger partial charge in [0.1, 0.15) is 37.1 Å². The van der Waals surface area contributed by atoms with Crippen LogP contribution < -0.4 is 44.9 Å². The average molecular weight is 1500 g/mol. The molecule has 1 unspecified atom stereocenters. The summed E-state index contributed by atoms with van der Waals surface area (Å²) in [6.45, 7) is 18.4. The summed E-state index contributed by atoms with van der Waals surface area (Å²) in [5.41, 5.74) is 13.9. The standard InChI is InChI=1S/3C30H29ClN2O3/c3*1-19(34)33-25-12-8-7-11-23(25)32-24-16-30(2,3)17-26(35)28(24)29(33)21-13-14-27(22(31)15-21)36-18-20-9-5-4-6-10-20/h3*4-15,29,32H,16-18H2,1-3H3/t2*29-;/m10./s1. The number of ketones is 3. The third-order valence-electron chi connectivity index (χ3n) is 20.2. The molecule has 18 heteroatoms. The number of benzene rings is 9. The van der Waals surface area contributed by atoms with Crippen LogP contribution in [0.15, 0.2) is 252 Å². The van der Waals surface area contributed by atoms with Gasteiger partial charge in [0.15, 0.2) is 17.3 Å². The van der Waals surface area contributed by atoms with Crippen molar-refractivity contribution in [3.63, 3.8) is 0 Å². The highest BCUT2D eigenvalue weighted by Gasteiger charge is 2.46. The number of allylic oxidation sites excluding steroid dienone is 3. The number of Topliss-reactive ketones (excluding diaryl/α,β-unsaturated/α-hetero) is 3. The number of hydrogen-bond acceptors (Lipinski definition) is 12. The second-order valence-electron chi connectivity index (χ2n) is 30.7. The lowest BCUT2D eigenvalue weighted by Gasteiger charge is -2.37. The van der Waals surface area contributed by atoms with E-state index in [-0.39, 0.29) is 51.3 Å². The van der Waals surface area contributed by atoms with E-state index in [2.05, 4.69) is 57.5 Å². The van der Waals surface area contributed by atoms with Gasteiger partial charge in [0.2, 0.25) is 17.7 Å². The van der Waals surface area contributed by atoms with Crippen molar-refractivity contribution < 1.29 is 43.0 Å². The Morgan fingerprint density at radius 1 is 0.352 bits per heavy atom. The zero-order chi connectivity index (χ0) is 76.3. The first-order valence-corrected chi connectivity index (χ1v) is 37.5. The molecule has 0 fully saturated rings. The second kappa shape index (κ2) is 31.6. The number of halogens is 3. The van der Waals surface area contributed by atoms with Gasteiger partial charge in [-0.2, -0.15) is 0 Å². The summed E-state index contributed by atoms with van der Waals surface area (Å²) >= 11 is 20.1. The minimum atomic E-state index is -0.599. The van der Waals surface area contributed by atoms with Crippen molar-refractivity contribution >= 4 is 104 Å². The molecular formula is C90H87Cl3N6O9. The first-order valence-electron chi connectivity index (χ1n) is 36.3. The van der Waals surface area contributed by atoms with Gasteiger partial charge in [0.05, 0.1) is 67.3 Å². The van der Waals surface area contributed by atoms with Crippen molar-refractivity contribution in [2.75, 3.05) is 30.7 Å². The van der Waals surface area contributed by atoms with Crippen molar-refractivity contribution in [1.82, 2.24) is 0 Å². The van der Waals surface area contributed by atoms with Gasteiger partial charge in [-0.05, 0) is 142 Å². The Labute approximate surface area is 646 Å². The number of amides is 3. The molecule has 9 aromatic rings. The summed E-state index contributed by atoms with van der Waals surface area (Å²) in [5, 5.41) is 11.8. The van der Waals surface area contributed by atoms with Gasteiger partial charge in [0.25, 0.3) is 0 Å². The number of fused-ring (bicyclic) bond motifs is 3. The molecule has 0 bridgehead atoms. The number of anilines is 6. The van der Waals surface area contributed by atoms with Gasteiger partial charge < -0.3 is 30.2 Å². The summed E-state index contributed by atoms with van der Waals surface area (Å²) in [6, 6.07) is 67.5. The van der Waals surface area contributed by atoms with Crippen molar-refractivity contribution in [1.29, 1.82) is 0 Å². The monoisotopic (exact) mass is 1500 g/mol. The molecule has 0 saturated carbocycles. The second-order valence-corrected chi connectivity index (χ2v) is 31.9. The Kier molecular flexibility index (Phi) is 22.1. The topological polar surface area (TPSA) is 176 Å². The molecule has 0 aromatic heterocycles. The van der Waals surface area contributed by atoms with E-state index in [1.807, 2.05) is 218 Å². The smallest absolute Gasteiger partial charge is 0.224 e. The van der Waals surface area contributed by atoms with E-state index in [4.69, 9.17) is 49.0 Å². The van der Waals surface area contributed by atoms with Crippen molar-refractivity contribution in [2.24, 2.45) is 16.2 Å². The van der Waals surface area contributed by atoms with Crippen LogP contribution in [-0.2, 0) is 48.6 Å². The van der Waals surface area contributed by atoms with Crippen LogP contribution in [0.2, 0.25) is 15.1 Å². The Balaban J connectivity index is 0.000000143. The lowest BCUT2D eigenvalue weighted by molar-refractivity contribution is -0.120. The quantitative estimate of drug-likeness (QED) is 0.106. The lowest BCUT2D eigenvalue weighted by atomic mass is 9.73. The van der Waals surface area contributed by atoms with Crippen LogP contribution in [0.3, 0.4) is 0 Å². The highest BCUT2D eigenvalue weighted by molar-refractivity contribution is 6.33. The van der Waals surface area contributed by atoms with E-state index in [0.29, 0.717) is 107 Å². The molecule has 0 saturated heterocycles. The first-order chi connectivity index (χ1) is 51.7. The van der Waals surface area contributed by atoms with Crippen LogP contribution in [0.1, 0.15) is 152 Å². The summed E-state index contributed by atoms with van der Waals surface area (Å²) in [7, 11) is 0. The molecule has 108 heavy (non-hydrogen) atoms. The SMILES string of the molecule is CC(=O)N1c2ccccc2NC2=C(C(=O)CC(C)(C)C2)C1c1ccc(OCc2ccccc2)c(Cl)c1.CC(=O)N1c2ccccc2NC2=C(C(=O)CC(C)(C)C2)[C@@H]1c1ccc(OCc2ccccc2)c(Cl)c1.CC(=O)N1c2ccccc2NC2=C(C(=O)CC(C)(C)C2)[C@H]1c1ccc(OCc2ccccc2)c(Cl)c1. The van der Waals surface area contributed by atoms with E-state index in [0.717, 1.165) is 84.6 Å². The summed E-state index contributed by atoms with van der Waals surface area (Å²) < 4.78 is 17.9.